The molecular formula is C9H14ClNO3S2. The van der Waals surface area contributed by atoms with Crippen molar-refractivity contribution in [1.29, 1.82) is 0 Å². The summed E-state index contributed by atoms with van der Waals surface area (Å²) in [5.41, 5.74) is 0. The van der Waals surface area contributed by atoms with Gasteiger partial charge in [0, 0.05) is 0 Å². The second kappa shape index (κ2) is 4.74. The van der Waals surface area contributed by atoms with Crippen LogP contribution in [0.15, 0.2) is 0 Å². The highest BCUT2D eigenvalue weighted by molar-refractivity contribution is 8.00. The van der Waals surface area contributed by atoms with Crippen LogP contribution in [0.4, 0.5) is 0 Å². The molecule has 92 valence electrons. The molecule has 1 amide bonds. The summed E-state index contributed by atoms with van der Waals surface area (Å²) in [6, 6.07) is -0.416. The van der Waals surface area contributed by atoms with Crippen LogP contribution in [-0.4, -0.2) is 48.3 Å². The zero-order valence-electron chi connectivity index (χ0n) is 8.69. The zero-order valence-corrected chi connectivity index (χ0v) is 11.1. The van der Waals surface area contributed by atoms with Crippen LogP contribution in [0.5, 0.6) is 0 Å². The van der Waals surface area contributed by atoms with Gasteiger partial charge in [0.05, 0.1) is 28.2 Å². The number of alkyl halides is 1. The van der Waals surface area contributed by atoms with Crippen molar-refractivity contribution in [2.75, 3.05) is 17.3 Å². The van der Waals surface area contributed by atoms with Crippen molar-refractivity contribution < 1.29 is 13.2 Å². The van der Waals surface area contributed by atoms with Crippen LogP contribution in [0.2, 0.25) is 0 Å². The molecule has 4 nitrogen and oxygen atoms in total. The highest BCUT2D eigenvalue weighted by Gasteiger charge is 2.38. The molecule has 3 atom stereocenters. The van der Waals surface area contributed by atoms with Gasteiger partial charge in [0.15, 0.2) is 9.84 Å². The number of hydrogen-bond donors (Lipinski definition) is 1. The van der Waals surface area contributed by atoms with E-state index in [4.69, 9.17) is 11.6 Å². The predicted octanol–water partition coefficient (Wildman–Crippen LogP) is 0.403. The third-order valence-corrected chi connectivity index (χ3v) is 6.58. The van der Waals surface area contributed by atoms with E-state index in [1.54, 1.807) is 11.8 Å². The second-order valence-corrected chi connectivity index (χ2v) is 8.23. The highest BCUT2D eigenvalue weighted by Crippen LogP contribution is 2.27. The van der Waals surface area contributed by atoms with Crippen molar-refractivity contribution in [3.63, 3.8) is 0 Å². The lowest BCUT2D eigenvalue weighted by atomic mass is 10.2. The van der Waals surface area contributed by atoms with E-state index in [0.717, 1.165) is 18.6 Å². The van der Waals surface area contributed by atoms with Gasteiger partial charge in [-0.2, -0.15) is 0 Å². The Morgan fingerprint density at radius 2 is 2.12 bits per heavy atom. The van der Waals surface area contributed by atoms with Crippen molar-refractivity contribution in [2.45, 2.75) is 29.5 Å². The monoisotopic (exact) mass is 283 g/mol. The fraction of sp³-hybridized carbons (Fsp3) is 0.889. The minimum absolute atomic E-state index is 0.0211. The Labute approximate surface area is 104 Å². The maximum absolute atomic E-state index is 11.8. The first-order valence-electron chi connectivity index (χ1n) is 5.24. The summed E-state index contributed by atoms with van der Waals surface area (Å²) < 4.78 is 22.6. The average molecular weight is 284 g/mol. The summed E-state index contributed by atoms with van der Waals surface area (Å²) in [6.07, 6.45) is 1.93. The molecule has 2 aliphatic heterocycles. The van der Waals surface area contributed by atoms with Gasteiger partial charge in [-0.25, -0.2) is 8.42 Å². The van der Waals surface area contributed by atoms with E-state index in [9.17, 15) is 13.2 Å². The lowest BCUT2D eigenvalue weighted by Gasteiger charge is -2.16. The first-order chi connectivity index (χ1) is 7.48. The number of carbonyl (C=O) groups is 1. The van der Waals surface area contributed by atoms with Crippen molar-refractivity contribution >= 4 is 39.1 Å². The summed E-state index contributed by atoms with van der Waals surface area (Å²) in [5.74, 6) is 0.891. The number of rotatable bonds is 2. The Morgan fingerprint density at radius 3 is 2.62 bits per heavy atom. The predicted molar refractivity (Wildman–Crippen MR) is 65.7 cm³/mol. The molecule has 2 fully saturated rings. The van der Waals surface area contributed by atoms with Gasteiger partial charge < -0.3 is 5.32 Å². The van der Waals surface area contributed by atoms with Crippen molar-refractivity contribution in [3.8, 4) is 0 Å². The number of sulfone groups is 1. The molecule has 0 aromatic carbocycles. The van der Waals surface area contributed by atoms with Gasteiger partial charge in [-0.3, -0.25) is 4.79 Å². The number of thioether (sulfide) groups is 1. The smallest absolute Gasteiger partial charge is 0.233 e. The Kier molecular flexibility index (Phi) is 3.71. The number of carbonyl (C=O) groups excluding carboxylic acids is 1. The molecular weight excluding hydrogens is 270 g/mol. The molecule has 0 saturated carbocycles. The number of hydrogen-bond acceptors (Lipinski definition) is 4. The molecule has 1 N–H and O–H groups in total. The van der Waals surface area contributed by atoms with Crippen LogP contribution in [0, 0.1) is 0 Å². The van der Waals surface area contributed by atoms with Gasteiger partial charge in [0.2, 0.25) is 5.91 Å². The summed E-state index contributed by atoms with van der Waals surface area (Å²) >= 11 is 7.54. The fourth-order valence-electron chi connectivity index (χ4n) is 2.00. The standard InChI is InChI=1S/C9H14ClNO3S2/c10-6-4-16(13,14)5-7(6)11-9(12)8-2-1-3-15-8/h6-8H,1-5H2,(H,11,12). The molecule has 0 bridgehead atoms. The van der Waals surface area contributed by atoms with E-state index < -0.39 is 21.3 Å². The highest BCUT2D eigenvalue weighted by atomic mass is 35.5. The quantitative estimate of drug-likeness (QED) is 0.746. The van der Waals surface area contributed by atoms with E-state index in [2.05, 4.69) is 5.32 Å². The summed E-state index contributed by atoms with van der Waals surface area (Å²) in [7, 11) is -3.07. The third kappa shape index (κ3) is 2.84. The number of amides is 1. The molecule has 16 heavy (non-hydrogen) atoms. The van der Waals surface area contributed by atoms with Crippen LogP contribution >= 0.6 is 23.4 Å². The molecule has 0 spiro atoms. The maximum atomic E-state index is 11.8. The van der Waals surface area contributed by atoms with E-state index in [1.807, 2.05) is 0 Å². The fourth-order valence-corrected chi connectivity index (χ4v) is 5.72. The van der Waals surface area contributed by atoms with Crippen LogP contribution < -0.4 is 5.32 Å². The molecule has 2 heterocycles. The van der Waals surface area contributed by atoms with Gasteiger partial charge in [-0.15, -0.1) is 23.4 Å². The second-order valence-electron chi connectivity index (χ2n) is 4.21. The minimum atomic E-state index is -3.07. The lowest BCUT2D eigenvalue weighted by Crippen LogP contribution is -2.44. The Hall–Kier alpha value is 0.0600. The van der Waals surface area contributed by atoms with Crippen molar-refractivity contribution in [2.24, 2.45) is 0 Å². The van der Waals surface area contributed by atoms with E-state index >= 15 is 0 Å². The molecule has 3 unspecified atom stereocenters. The average Bonchev–Trinajstić information content (AvgIpc) is 2.74. The molecule has 2 aliphatic rings. The summed E-state index contributed by atoms with van der Waals surface area (Å²) in [6.45, 7) is 0. The first kappa shape index (κ1) is 12.5. The minimum Gasteiger partial charge on any atom is -0.350 e. The summed E-state index contributed by atoms with van der Waals surface area (Å²) in [5, 5.41) is 2.25. The molecule has 7 heteroatoms. The summed E-state index contributed by atoms with van der Waals surface area (Å²) in [4.78, 5) is 11.8. The molecule has 0 aromatic rings. The molecule has 2 saturated heterocycles. The van der Waals surface area contributed by atoms with Gasteiger partial charge in [-0.05, 0) is 18.6 Å². The Morgan fingerprint density at radius 1 is 1.38 bits per heavy atom. The third-order valence-electron chi connectivity index (χ3n) is 2.83. The van der Waals surface area contributed by atoms with E-state index in [-0.39, 0.29) is 22.7 Å². The molecule has 0 radical (unpaired) electrons. The Bertz CT molecular complexity index is 378. The van der Waals surface area contributed by atoms with Crippen LogP contribution in [0.25, 0.3) is 0 Å². The Balaban J connectivity index is 1.92. The topological polar surface area (TPSA) is 63.2 Å². The van der Waals surface area contributed by atoms with Crippen molar-refractivity contribution in [3.05, 3.63) is 0 Å². The van der Waals surface area contributed by atoms with Crippen molar-refractivity contribution in [1.82, 2.24) is 5.32 Å². The lowest BCUT2D eigenvalue weighted by molar-refractivity contribution is -0.121. The van der Waals surface area contributed by atoms with E-state index in [0.29, 0.717) is 0 Å². The largest absolute Gasteiger partial charge is 0.350 e. The molecule has 0 aromatic heterocycles. The maximum Gasteiger partial charge on any atom is 0.233 e. The van der Waals surface area contributed by atoms with Crippen LogP contribution in [0.1, 0.15) is 12.8 Å². The van der Waals surface area contributed by atoms with Gasteiger partial charge in [0.25, 0.3) is 0 Å². The van der Waals surface area contributed by atoms with E-state index in [1.165, 1.54) is 0 Å². The SMILES string of the molecule is O=C(NC1CS(=O)(=O)CC1Cl)C1CCCS1. The van der Waals surface area contributed by atoms with Crippen LogP contribution in [0.3, 0.4) is 0 Å². The van der Waals surface area contributed by atoms with Gasteiger partial charge in [0.1, 0.15) is 0 Å². The first-order valence-corrected chi connectivity index (χ1v) is 8.55. The normalized spacial score (nSPS) is 37.4. The molecule has 2 rings (SSSR count). The van der Waals surface area contributed by atoms with Crippen LogP contribution in [-0.2, 0) is 14.6 Å². The zero-order chi connectivity index (χ0) is 11.8. The number of halogens is 1. The van der Waals surface area contributed by atoms with Gasteiger partial charge >= 0.3 is 0 Å². The van der Waals surface area contributed by atoms with Gasteiger partial charge in [-0.1, -0.05) is 0 Å². The number of nitrogens with one attached hydrogen (secondary N) is 1. The molecule has 0 aliphatic carbocycles.